The van der Waals surface area contributed by atoms with Gasteiger partial charge in [-0.3, -0.25) is 4.79 Å². The second-order valence-electron chi connectivity index (χ2n) is 3.47. The largest absolute Gasteiger partial charge is 0.340 e. The Balaban J connectivity index is 2.31. The number of rotatable bonds is 3. The highest BCUT2D eigenvalue weighted by atomic mass is 19.1. The SMILES string of the molecule is Cc1ncc(C=O)c(Nc2ccc(F)cc2)n1. The monoisotopic (exact) mass is 231 g/mol. The molecule has 1 N–H and O–H groups in total. The number of aromatic nitrogens is 2. The summed E-state index contributed by atoms with van der Waals surface area (Å²) in [4.78, 5) is 18.8. The second kappa shape index (κ2) is 4.69. The fourth-order valence-electron chi connectivity index (χ4n) is 1.34. The van der Waals surface area contributed by atoms with E-state index in [2.05, 4.69) is 15.3 Å². The highest BCUT2D eigenvalue weighted by Gasteiger charge is 2.05. The van der Waals surface area contributed by atoms with E-state index in [9.17, 15) is 9.18 Å². The van der Waals surface area contributed by atoms with Gasteiger partial charge in [0, 0.05) is 11.9 Å². The number of aryl methyl sites for hydroxylation is 1. The molecule has 2 aromatic rings. The van der Waals surface area contributed by atoms with Crippen molar-refractivity contribution in [3.63, 3.8) is 0 Å². The topological polar surface area (TPSA) is 54.9 Å². The molecule has 0 unspecified atom stereocenters. The maximum atomic E-state index is 12.7. The summed E-state index contributed by atoms with van der Waals surface area (Å²) in [6, 6.07) is 5.80. The average Bonchev–Trinajstić information content (AvgIpc) is 2.32. The van der Waals surface area contributed by atoms with E-state index in [1.54, 1.807) is 19.1 Å². The molecule has 2 rings (SSSR count). The van der Waals surface area contributed by atoms with Crippen LogP contribution in [-0.2, 0) is 0 Å². The average molecular weight is 231 g/mol. The van der Waals surface area contributed by atoms with E-state index in [1.165, 1.54) is 18.3 Å². The first-order valence-corrected chi connectivity index (χ1v) is 5.00. The number of halogens is 1. The number of benzene rings is 1. The molecule has 1 heterocycles. The van der Waals surface area contributed by atoms with Crippen LogP contribution < -0.4 is 5.32 Å². The lowest BCUT2D eigenvalue weighted by Gasteiger charge is -2.07. The Hall–Kier alpha value is -2.30. The standard InChI is InChI=1S/C12H10FN3O/c1-8-14-6-9(7-17)12(15-8)16-11-4-2-10(13)3-5-11/h2-7H,1H3,(H,14,15,16). The molecule has 1 aromatic heterocycles. The van der Waals surface area contributed by atoms with Crippen molar-refractivity contribution in [2.75, 3.05) is 5.32 Å². The first-order chi connectivity index (χ1) is 8.19. The van der Waals surface area contributed by atoms with Crippen LogP contribution in [0.3, 0.4) is 0 Å². The van der Waals surface area contributed by atoms with Crippen LogP contribution in [0.25, 0.3) is 0 Å². The molecule has 0 aliphatic rings. The Kier molecular flexibility index (Phi) is 3.09. The number of anilines is 2. The van der Waals surface area contributed by atoms with E-state index in [1.807, 2.05) is 0 Å². The zero-order chi connectivity index (χ0) is 12.3. The Morgan fingerprint density at radius 3 is 2.65 bits per heavy atom. The first-order valence-electron chi connectivity index (χ1n) is 5.00. The Labute approximate surface area is 97.5 Å². The predicted octanol–water partition coefficient (Wildman–Crippen LogP) is 2.48. The van der Waals surface area contributed by atoms with E-state index in [-0.39, 0.29) is 5.82 Å². The molecular formula is C12H10FN3O. The summed E-state index contributed by atoms with van der Waals surface area (Å²) in [5.41, 5.74) is 1.02. The minimum Gasteiger partial charge on any atom is -0.340 e. The molecule has 0 saturated heterocycles. The van der Waals surface area contributed by atoms with Crippen molar-refractivity contribution in [3.8, 4) is 0 Å². The van der Waals surface area contributed by atoms with Crippen molar-refractivity contribution in [2.45, 2.75) is 6.92 Å². The molecule has 0 atom stereocenters. The van der Waals surface area contributed by atoms with Crippen LogP contribution in [-0.4, -0.2) is 16.3 Å². The number of hydrogen-bond acceptors (Lipinski definition) is 4. The van der Waals surface area contributed by atoms with Gasteiger partial charge in [-0.1, -0.05) is 0 Å². The van der Waals surface area contributed by atoms with Crippen LogP contribution >= 0.6 is 0 Å². The van der Waals surface area contributed by atoms with Crippen LogP contribution in [0.2, 0.25) is 0 Å². The molecular weight excluding hydrogens is 221 g/mol. The molecule has 86 valence electrons. The van der Waals surface area contributed by atoms with Gasteiger partial charge in [-0.25, -0.2) is 14.4 Å². The van der Waals surface area contributed by atoms with Gasteiger partial charge in [0.05, 0.1) is 5.56 Å². The van der Waals surface area contributed by atoms with Gasteiger partial charge in [0.15, 0.2) is 6.29 Å². The van der Waals surface area contributed by atoms with E-state index in [0.717, 1.165) is 0 Å². The number of carbonyl (C=O) groups excluding carboxylic acids is 1. The summed E-state index contributed by atoms with van der Waals surface area (Å²) in [6.07, 6.45) is 2.12. The zero-order valence-electron chi connectivity index (χ0n) is 9.14. The normalized spacial score (nSPS) is 10.0. The summed E-state index contributed by atoms with van der Waals surface area (Å²) in [5.74, 6) is 0.657. The van der Waals surface area contributed by atoms with Gasteiger partial charge in [-0.2, -0.15) is 0 Å². The van der Waals surface area contributed by atoms with Crippen LogP contribution in [0.4, 0.5) is 15.9 Å². The van der Waals surface area contributed by atoms with Crippen molar-refractivity contribution in [1.82, 2.24) is 9.97 Å². The van der Waals surface area contributed by atoms with E-state index >= 15 is 0 Å². The molecule has 17 heavy (non-hydrogen) atoms. The Morgan fingerprint density at radius 2 is 2.00 bits per heavy atom. The molecule has 0 saturated carbocycles. The number of aldehydes is 1. The van der Waals surface area contributed by atoms with Gasteiger partial charge >= 0.3 is 0 Å². The fourth-order valence-corrected chi connectivity index (χ4v) is 1.34. The highest BCUT2D eigenvalue weighted by Crippen LogP contribution is 2.17. The maximum Gasteiger partial charge on any atom is 0.155 e. The van der Waals surface area contributed by atoms with Gasteiger partial charge in [0.2, 0.25) is 0 Å². The summed E-state index contributed by atoms with van der Waals surface area (Å²) in [7, 11) is 0. The van der Waals surface area contributed by atoms with E-state index < -0.39 is 0 Å². The molecule has 0 radical (unpaired) electrons. The Morgan fingerprint density at radius 1 is 1.29 bits per heavy atom. The molecule has 0 amide bonds. The molecule has 1 aromatic carbocycles. The van der Waals surface area contributed by atoms with Gasteiger partial charge < -0.3 is 5.32 Å². The van der Waals surface area contributed by atoms with Gasteiger partial charge in [0.25, 0.3) is 0 Å². The smallest absolute Gasteiger partial charge is 0.155 e. The third-order valence-electron chi connectivity index (χ3n) is 2.17. The van der Waals surface area contributed by atoms with Gasteiger partial charge in [-0.15, -0.1) is 0 Å². The van der Waals surface area contributed by atoms with Crippen molar-refractivity contribution >= 4 is 17.8 Å². The van der Waals surface area contributed by atoms with Crippen molar-refractivity contribution < 1.29 is 9.18 Å². The summed E-state index contributed by atoms with van der Waals surface area (Å²) >= 11 is 0. The van der Waals surface area contributed by atoms with Crippen LogP contribution in [0.1, 0.15) is 16.2 Å². The lowest BCUT2D eigenvalue weighted by molar-refractivity contribution is 0.112. The lowest BCUT2D eigenvalue weighted by Crippen LogP contribution is -2.01. The number of carbonyl (C=O) groups is 1. The summed E-state index contributed by atoms with van der Waals surface area (Å²) in [5, 5.41) is 2.94. The van der Waals surface area contributed by atoms with Crippen molar-refractivity contribution in [3.05, 3.63) is 47.7 Å². The molecule has 0 bridgehead atoms. The van der Waals surface area contributed by atoms with Crippen LogP contribution in [0.15, 0.2) is 30.5 Å². The van der Waals surface area contributed by atoms with Crippen molar-refractivity contribution in [1.29, 1.82) is 0 Å². The van der Waals surface area contributed by atoms with Crippen molar-refractivity contribution in [2.24, 2.45) is 0 Å². The van der Waals surface area contributed by atoms with Gasteiger partial charge in [0.1, 0.15) is 17.5 Å². The Bertz CT molecular complexity index is 540. The maximum absolute atomic E-state index is 12.7. The molecule has 0 aliphatic heterocycles. The first kappa shape index (κ1) is 11.2. The molecule has 0 fully saturated rings. The quantitative estimate of drug-likeness (QED) is 0.824. The second-order valence-corrected chi connectivity index (χ2v) is 3.47. The van der Waals surface area contributed by atoms with Crippen LogP contribution in [0, 0.1) is 12.7 Å². The molecule has 0 spiro atoms. The minimum absolute atomic E-state index is 0.315. The highest BCUT2D eigenvalue weighted by molar-refractivity contribution is 5.83. The third-order valence-corrected chi connectivity index (χ3v) is 2.17. The molecule has 0 aliphatic carbocycles. The van der Waals surface area contributed by atoms with E-state index in [4.69, 9.17) is 0 Å². The third kappa shape index (κ3) is 2.63. The van der Waals surface area contributed by atoms with Crippen LogP contribution in [0.5, 0.6) is 0 Å². The van der Waals surface area contributed by atoms with Gasteiger partial charge in [-0.05, 0) is 31.2 Å². The summed E-state index contributed by atoms with van der Waals surface area (Å²) in [6.45, 7) is 1.73. The lowest BCUT2D eigenvalue weighted by atomic mass is 10.3. The minimum atomic E-state index is -0.315. The fraction of sp³-hybridized carbons (Fsp3) is 0.0833. The summed E-state index contributed by atoms with van der Waals surface area (Å²) < 4.78 is 12.7. The predicted molar refractivity (Wildman–Crippen MR) is 61.8 cm³/mol. The number of nitrogens with one attached hydrogen (secondary N) is 1. The number of hydrogen-bond donors (Lipinski definition) is 1. The molecule has 5 heteroatoms. The molecule has 4 nitrogen and oxygen atoms in total. The number of nitrogens with zero attached hydrogens (tertiary/aromatic N) is 2. The zero-order valence-corrected chi connectivity index (χ0v) is 9.14. The van der Waals surface area contributed by atoms with E-state index in [0.29, 0.717) is 29.2 Å².